The van der Waals surface area contributed by atoms with Crippen LogP contribution < -0.4 is 9.62 Å². The van der Waals surface area contributed by atoms with Crippen LogP contribution in [0.2, 0.25) is 0 Å². The van der Waals surface area contributed by atoms with Crippen LogP contribution in [0.1, 0.15) is 69.2 Å². The molecule has 1 heterocycles. The number of carboxylic acid groups (broad SMARTS) is 1. The number of aliphatic carboxylic acids is 1. The van der Waals surface area contributed by atoms with Crippen molar-refractivity contribution in [2.24, 2.45) is 24.8 Å². The topological polar surface area (TPSA) is 122 Å². The summed E-state index contributed by atoms with van der Waals surface area (Å²) in [4.78, 5) is 30.5. The maximum absolute atomic E-state index is 13.5. The molecule has 1 amide bonds. The number of carbonyl (C=O) groups is 2. The van der Waals surface area contributed by atoms with Crippen molar-refractivity contribution >= 4 is 38.6 Å². The quantitative estimate of drug-likeness (QED) is 0.406. The Kier molecular flexibility index (Phi) is 8.14. The summed E-state index contributed by atoms with van der Waals surface area (Å²) in [5.74, 6) is -1.67. The van der Waals surface area contributed by atoms with Crippen LogP contribution in [0.3, 0.4) is 0 Å². The number of carboxylic acids is 1. The van der Waals surface area contributed by atoms with Crippen LogP contribution in [0, 0.1) is 24.7 Å². The Morgan fingerprint density at radius 1 is 1.02 bits per heavy atom. The van der Waals surface area contributed by atoms with Gasteiger partial charge in [-0.05, 0) is 80.3 Å². The van der Waals surface area contributed by atoms with Gasteiger partial charge in [0.1, 0.15) is 5.82 Å². The van der Waals surface area contributed by atoms with Crippen molar-refractivity contribution in [3.63, 3.8) is 0 Å². The smallest absolute Gasteiger partial charge is 0.307 e. The molecule has 2 fully saturated rings. The van der Waals surface area contributed by atoms with Gasteiger partial charge in [0, 0.05) is 20.1 Å². The molecule has 10 heteroatoms. The molecule has 0 spiro atoms. The molecule has 0 aliphatic heterocycles. The Bertz CT molecular complexity index is 1550. The van der Waals surface area contributed by atoms with Crippen LogP contribution in [0.25, 0.3) is 11.0 Å². The number of amides is 1. The fourth-order valence-electron chi connectivity index (χ4n) is 6.72. The van der Waals surface area contributed by atoms with Crippen molar-refractivity contribution in [3.8, 4) is 0 Å². The number of sulfonamides is 1. The third-order valence-electron chi connectivity index (χ3n) is 9.38. The van der Waals surface area contributed by atoms with E-state index in [1.54, 1.807) is 42.5 Å². The van der Waals surface area contributed by atoms with Crippen molar-refractivity contribution in [1.29, 1.82) is 0 Å². The summed E-state index contributed by atoms with van der Waals surface area (Å²) in [6.45, 7) is 4.02. The van der Waals surface area contributed by atoms with Crippen LogP contribution in [-0.2, 0) is 26.7 Å². The summed E-state index contributed by atoms with van der Waals surface area (Å²) in [7, 11) is -0.457. The van der Waals surface area contributed by atoms with Gasteiger partial charge in [0.05, 0.1) is 33.5 Å². The predicted octanol–water partition coefficient (Wildman–Crippen LogP) is 4.99. The minimum absolute atomic E-state index is 0.102. The average molecular weight is 581 g/mol. The summed E-state index contributed by atoms with van der Waals surface area (Å²) < 4.78 is 30.1. The van der Waals surface area contributed by atoms with Gasteiger partial charge in [0.25, 0.3) is 10.0 Å². The lowest BCUT2D eigenvalue weighted by Crippen LogP contribution is -2.48. The Labute approximate surface area is 242 Å². The second-order valence-corrected chi connectivity index (χ2v) is 13.8. The van der Waals surface area contributed by atoms with Crippen LogP contribution in [0.4, 0.5) is 5.69 Å². The number of imidazole rings is 1. The number of nitrogens with zero attached hydrogens (tertiary/aromatic N) is 3. The first kappa shape index (κ1) is 29.1. The maximum atomic E-state index is 13.5. The highest BCUT2D eigenvalue weighted by atomic mass is 32.2. The molecular formula is C31H40N4O5S. The Morgan fingerprint density at radius 2 is 1.73 bits per heavy atom. The standard InChI is InChI=1S/C31H40N4O5S/c1-19-8-5-6-11-26(19)33-30(36)25-10-7-9-24(29(25)31(37)38)21-12-14-22(15-13-21)35(4)41(39,40)23-16-17-28-27(18-23)32-20(2)34(28)3/h12-19,24-26,29H,5-11H2,1-4H3,(H,33,36)(H,37,38)/t19-,24+,25+,26?,29+/m0/s1. The highest BCUT2D eigenvalue weighted by Gasteiger charge is 2.43. The number of benzene rings is 2. The van der Waals surface area contributed by atoms with Crippen LogP contribution >= 0.6 is 0 Å². The molecule has 5 atom stereocenters. The van der Waals surface area contributed by atoms with E-state index in [2.05, 4.69) is 17.2 Å². The molecule has 0 saturated heterocycles. The number of anilines is 1. The predicted molar refractivity (Wildman–Crippen MR) is 158 cm³/mol. The van der Waals surface area contributed by atoms with E-state index in [-0.39, 0.29) is 22.8 Å². The first-order valence-electron chi connectivity index (χ1n) is 14.5. The summed E-state index contributed by atoms with van der Waals surface area (Å²) >= 11 is 0. The lowest BCUT2D eigenvalue weighted by atomic mass is 9.68. The molecule has 3 aromatic rings. The van der Waals surface area contributed by atoms with Gasteiger partial charge in [-0.15, -0.1) is 0 Å². The largest absolute Gasteiger partial charge is 0.481 e. The van der Waals surface area contributed by atoms with Crippen molar-refractivity contribution in [2.75, 3.05) is 11.4 Å². The van der Waals surface area contributed by atoms with Gasteiger partial charge in [0.15, 0.2) is 0 Å². The molecule has 2 aliphatic carbocycles. The van der Waals surface area contributed by atoms with Crippen molar-refractivity contribution in [3.05, 3.63) is 53.9 Å². The van der Waals surface area contributed by atoms with E-state index >= 15 is 0 Å². The van der Waals surface area contributed by atoms with E-state index < -0.39 is 27.8 Å². The van der Waals surface area contributed by atoms with E-state index in [9.17, 15) is 23.1 Å². The number of carbonyl (C=O) groups excluding carboxylic acids is 1. The Balaban J connectivity index is 1.35. The Morgan fingerprint density at radius 3 is 2.41 bits per heavy atom. The van der Waals surface area contributed by atoms with Gasteiger partial charge in [-0.25, -0.2) is 13.4 Å². The lowest BCUT2D eigenvalue weighted by Gasteiger charge is -2.37. The van der Waals surface area contributed by atoms with Gasteiger partial charge in [-0.1, -0.05) is 38.3 Å². The monoisotopic (exact) mass is 580 g/mol. The number of aromatic nitrogens is 2. The molecule has 1 aromatic heterocycles. The third kappa shape index (κ3) is 5.58. The van der Waals surface area contributed by atoms with Gasteiger partial charge < -0.3 is 15.0 Å². The minimum atomic E-state index is -3.85. The highest BCUT2D eigenvalue weighted by Crippen LogP contribution is 2.42. The fourth-order valence-corrected chi connectivity index (χ4v) is 7.93. The average Bonchev–Trinajstić information content (AvgIpc) is 3.25. The van der Waals surface area contributed by atoms with Crippen LogP contribution in [0.15, 0.2) is 47.4 Å². The first-order chi connectivity index (χ1) is 19.5. The van der Waals surface area contributed by atoms with Gasteiger partial charge in [0.2, 0.25) is 5.91 Å². The normalized spacial score (nSPS) is 25.1. The fraction of sp³-hybridized carbons (Fsp3) is 0.516. The van der Waals surface area contributed by atoms with Gasteiger partial charge >= 0.3 is 5.97 Å². The number of hydrogen-bond acceptors (Lipinski definition) is 5. The zero-order valence-electron chi connectivity index (χ0n) is 24.2. The van der Waals surface area contributed by atoms with Crippen LogP contribution in [-0.4, -0.2) is 48.0 Å². The van der Waals surface area contributed by atoms with Crippen molar-refractivity contribution in [2.45, 2.75) is 75.6 Å². The first-order valence-corrected chi connectivity index (χ1v) is 16.0. The van der Waals surface area contributed by atoms with Gasteiger partial charge in [-0.3, -0.25) is 13.9 Å². The maximum Gasteiger partial charge on any atom is 0.307 e. The second-order valence-electron chi connectivity index (χ2n) is 11.8. The lowest BCUT2D eigenvalue weighted by molar-refractivity contribution is -0.150. The second kappa shape index (κ2) is 11.5. The van der Waals surface area contributed by atoms with Gasteiger partial charge in [-0.2, -0.15) is 0 Å². The molecule has 9 nitrogen and oxygen atoms in total. The molecule has 5 rings (SSSR count). The summed E-state index contributed by atoms with van der Waals surface area (Å²) in [5, 5.41) is 13.4. The Hall–Kier alpha value is -3.40. The van der Waals surface area contributed by atoms with E-state index in [1.807, 2.05) is 18.5 Å². The molecular weight excluding hydrogens is 540 g/mol. The molecule has 2 N–H and O–H groups in total. The summed E-state index contributed by atoms with van der Waals surface area (Å²) in [6.07, 6.45) is 6.25. The summed E-state index contributed by atoms with van der Waals surface area (Å²) in [5.41, 5.74) is 2.74. The SMILES string of the molecule is Cc1nc2cc(S(=O)(=O)N(C)c3ccc([C@H]4CCC[C@@H](C(=O)NC5CCCC[C@@H]5C)[C@@H]4C(=O)O)cc3)ccc2n1C. The van der Waals surface area contributed by atoms with Crippen molar-refractivity contribution < 1.29 is 23.1 Å². The number of hydrogen-bond donors (Lipinski definition) is 2. The van der Waals surface area contributed by atoms with Crippen molar-refractivity contribution in [1.82, 2.24) is 14.9 Å². The number of aryl methyl sites for hydroxylation is 2. The number of rotatable bonds is 7. The third-order valence-corrected chi connectivity index (χ3v) is 11.2. The molecule has 2 aliphatic rings. The number of fused-ring (bicyclic) bond motifs is 1. The molecule has 220 valence electrons. The zero-order chi connectivity index (χ0) is 29.5. The minimum Gasteiger partial charge on any atom is -0.481 e. The van der Waals surface area contributed by atoms with E-state index in [4.69, 9.17) is 0 Å². The molecule has 1 unspecified atom stereocenters. The molecule has 0 radical (unpaired) electrons. The molecule has 0 bridgehead atoms. The molecule has 2 aromatic carbocycles. The number of nitrogens with one attached hydrogen (secondary N) is 1. The van der Waals surface area contributed by atoms with Crippen LogP contribution in [0.5, 0.6) is 0 Å². The van der Waals surface area contributed by atoms with E-state index in [0.717, 1.165) is 42.6 Å². The molecule has 2 saturated carbocycles. The highest BCUT2D eigenvalue weighted by molar-refractivity contribution is 7.92. The van der Waals surface area contributed by atoms with E-state index in [0.29, 0.717) is 30.0 Å². The molecule has 41 heavy (non-hydrogen) atoms. The van der Waals surface area contributed by atoms with E-state index in [1.165, 1.54) is 17.8 Å². The zero-order valence-corrected chi connectivity index (χ0v) is 25.0. The summed E-state index contributed by atoms with van der Waals surface area (Å²) in [6, 6.07) is 12.1.